The molecular formula is C21H15FN2OS. The van der Waals surface area contributed by atoms with Crippen LogP contribution in [0, 0.1) is 5.82 Å². The quantitative estimate of drug-likeness (QED) is 0.553. The van der Waals surface area contributed by atoms with Gasteiger partial charge in [-0.3, -0.25) is 4.79 Å². The summed E-state index contributed by atoms with van der Waals surface area (Å²) >= 11 is 1.65. The third-order valence-electron chi connectivity index (χ3n) is 4.07. The first-order valence-electron chi connectivity index (χ1n) is 8.18. The van der Waals surface area contributed by atoms with Crippen LogP contribution >= 0.6 is 11.3 Å². The molecule has 128 valence electrons. The highest BCUT2D eigenvalue weighted by Crippen LogP contribution is 2.29. The van der Waals surface area contributed by atoms with Gasteiger partial charge < -0.3 is 5.32 Å². The topological polar surface area (TPSA) is 42.0 Å². The highest BCUT2D eigenvalue weighted by molar-refractivity contribution is 7.21. The number of para-hydroxylation sites is 1. The Bertz CT molecular complexity index is 1040. The Balaban J connectivity index is 1.46. The van der Waals surface area contributed by atoms with E-state index in [-0.39, 0.29) is 5.56 Å². The second kappa shape index (κ2) is 7.06. The van der Waals surface area contributed by atoms with E-state index < -0.39 is 11.7 Å². The minimum Gasteiger partial charge on any atom is -0.348 e. The summed E-state index contributed by atoms with van der Waals surface area (Å²) in [5, 5.41) is 3.71. The zero-order valence-corrected chi connectivity index (χ0v) is 14.6. The Morgan fingerprint density at radius 1 is 0.962 bits per heavy atom. The van der Waals surface area contributed by atoms with Crippen LogP contribution in [0.25, 0.3) is 20.8 Å². The highest BCUT2D eigenvalue weighted by atomic mass is 32.1. The van der Waals surface area contributed by atoms with Crippen molar-refractivity contribution in [2.24, 2.45) is 0 Å². The summed E-state index contributed by atoms with van der Waals surface area (Å²) in [5.74, 6) is -0.936. The molecule has 0 spiro atoms. The van der Waals surface area contributed by atoms with E-state index in [1.54, 1.807) is 23.5 Å². The summed E-state index contributed by atoms with van der Waals surface area (Å²) in [7, 11) is 0. The molecule has 26 heavy (non-hydrogen) atoms. The largest absolute Gasteiger partial charge is 0.348 e. The molecule has 0 saturated carbocycles. The molecule has 0 atom stereocenters. The standard InChI is InChI=1S/C21H15FN2OS/c22-17-6-2-1-5-16(17)20(25)23-13-14-9-11-15(12-10-14)21-24-18-7-3-4-8-19(18)26-21/h1-12H,13H2,(H,23,25). The summed E-state index contributed by atoms with van der Waals surface area (Å²) in [4.78, 5) is 16.7. The molecule has 1 aromatic heterocycles. The van der Waals surface area contributed by atoms with Crippen LogP contribution in [-0.2, 0) is 6.54 Å². The van der Waals surface area contributed by atoms with E-state index in [0.29, 0.717) is 6.54 Å². The van der Waals surface area contributed by atoms with Gasteiger partial charge in [0.05, 0.1) is 15.8 Å². The number of amides is 1. The van der Waals surface area contributed by atoms with Crippen molar-refractivity contribution in [3.63, 3.8) is 0 Å². The Kier molecular flexibility index (Phi) is 4.46. The highest BCUT2D eigenvalue weighted by Gasteiger charge is 2.10. The van der Waals surface area contributed by atoms with Gasteiger partial charge in [-0.1, -0.05) is 48.5 Å². The molecule has 0 aliphatic rings. The second-order valence-corrected chi connectivity index (χ2v) is 6.88. The zero-order chi connectivity index (χ0) is 17.9. The molecule has 4 rings (SSSR count). The zero-order valence-electron chi connectivity index (χ0n) is 13.8. The number of carbonyl (C=O) groups is 1. The van der Waals surface area contributed by atoms with Gasteiger partial charge in [-0.2, -0.15) is 0 Å². The number of rotatable bonds is 4. The van der Waals surface area contributed by atoms with E-state index in [9.17, 15) is 9.18 Å². The molecule has 5 heteroatoms. The van der Waals surface area contributed by atoms with Crippen molar-refractivity contribution in [3.05, 3.63) is 89.7 Å². The Hall–Kier alpha value is -3.05. The number of fused-ring (bicyclic) bond motifs is 1. The summed E-state index contributed by atoms with van der Waals surface area (Å²) in [5.41, 5.74) is 3.03. The molecule has 1 amide bonds. The Morgan fingerprint density at radius 3 is 2.46 bits per heavy atom. The lowest BCUT2D eigenvalue weighted by atomic mass is 10.1. The minimum atomic E-state index is -0.517. The lowest BCUT2D eigenvalue weighted by Gasteiger charge is -2.07. The average molecular weight is 362 g/mol. The van der Waals surface area contributed by atoms with E-state index in [1.165, 1.54) is 12.1 Å². The smallest absolute Gasteiger partial charge is 0.254 e. The van der Waals surface area contributed by atoms with Gasteiger partial charge in [-0.15, -0.1) is 11.3 Å². The van der Waals surface area contributed by atoms with Gasteiger partial charge >= 0.3 is 0 Å². The molecule has 0 saturated heterocycles. The lowest BCUT2D eigenvalue weighted by Crippen LogP contribution is -2.23. The molecule has 0 aliphatic heterocycles. The molecule has 0 radical (unpaired) electrons. The van der Waals surface area contributed by atoms with Crippen LogP contribution in [-0.4, -0.2) is 10.9 Å². The lowest BCUT2D eigenvalue weighted by molar-refractivity contribution is 0.0947. The molecular weight excluding hydrogens is 347 g/mol. The molecule has 4 aromatic rings. The van der Waals surface area contributed by atoms with Crippen molar-refractivity contribution in [2.45, 2.75) is 6.54 Å². The van der Waals surface area contributed by atoms with E-state index >= 15 is 0 Å². The molecule has 0 fully saturated rings. The van der Waals surface area contributed by atoms with Crippen molar-refractivity contribution < 1.29 is 9.18 Å². The van der Waals surface area contributed by atoms with Crippen molar-refractivity contribution in [2.75, 3.05) is 0 Å². The molecule has 0 aliphatic carbocycles. The third kappa shape index (κ3) is 3.34. The average Bonchev–Trinajstić information content (AvgIpc) is 3.11. The fourth-order valence-electron chi connectivity index (χ4n) is 2.68. The number of benzene rings is 3. The van der Waals surface area contributed by atoms with E-state index in [4.69, 9.17) is 0 Å². The first kappa shape index (κ1) is 16.4. The van der Waals surface area contributed by atoms with Crippen molar-refractivity contribution in [3.8, 4) is 10.6 Å². The maximum atomic E-state index is 13.6. The van der Waals surface area contributed by atoms with Gasteiger partial charge in [0.25, 0.3) is 5.91 Å². The molecule has 1 heterocycles. The molecule has 0 unspecified atom stereocenters. The van der Waals surface area contributed by atoms with E-state index in [0.717, 1.165) is 26.4 Å². The summed E-state index contributed by atoms with van der Waals surface area (Å²) in [6, 6.07) is 21.9. The van der Waals surface area contributed by atoms with Crippen molar-refractivity contribution in [1.29, 1.82) is 0 Å². The number of hydrogen-bond acceptors (Lipinski definition) is 3. The second-order valence-electron chi connectivity index (χ2n) is 5.85. The number of aromatic nitrogens is 1. The fraction of sp³-hybridized carbons (Fsp3) is 0.0476. The SMILES string of the molecule is O=C(NCc1ccc(-c2nc3ccccc3s2)cc1)c1ccccc1F. The number of thiazole rings is 1. The first-order chi connectivity index (χ1) is 12.7. The molecule has 0 bridgehead atoms. The van der Waals surface area contributed by atoms with Gasteiger partial charge in [0, 0.05) is 12.1 Å². The van der Waals surface area contributed by atoms with Crippen molar-refractivity contribution >= 4 is 27.5 Å². The van der Waals surface area contributed by atoms with Gasteiger partial charge in [0.2, 0.25) is 0 Å². The van der Waals surface area contributed by atoms with Gasteiger partial charge in [0.1, 0.15) is 10.8 Å². The van der Waals surface area contributed by atoms with E-state index in [2.05, 4.69) is 16.4 Å². The maximum absolute atomic E-state index is 13.6. The summed E-state index contributed by atoms with van der Waals surface area (Å²) in [6.07, 6.45) is 0. The number of nitrogens with zero attached hydrogens (tertiary/aromatic N) is 1. The predicted molar refractivity (Wildman–Crippen MR) is 103 cm³/mol. The predicted octanol–water partition coefficient (Wildman–Crippen LogP) is 5.03. The number of halogens is 1. The van der Waals surface area contributed by atoms with Crippen LogP contribution < -0.4 is 5.32 Å². The van der Waals surface area contributed by atoms with Crippen LogP contribution in [0.5, 0.6) is 0 Å². The number of nitrogens with one attached hydrogen (secondary N) is 1. The number of carbonyl (C=O) groups excluding carboxylic acids is 1. The minimum absolute atomic E-state index is 0.0543. The van der Waals surface area contributed by atoms with Gasteiger partial charge in [-0.25, -0.2) is 9.37 Å². The van der Waals surface area contributed by atoms with Gasteiger partial charge in [0.15, 0.2) is 0 Å². The van der Waals surface area contributed by atoms with Crippen LogP contribution in [0.3, 0.4) is 0 Å². The fourth-order valence-corrected chi connectivity index (χ4v) is 3.65. The first-order valence-corrected chi connectivity index (χ1v) is 9.00. The van der Waals surface area contributed by atoms with Crippen molar-refractivity contribution in [1.82, 2.24) is 10.3 Å². The van der Waals surface area contributed by atoms with Gasteiger partial charge in [-0.05, 0) is 29.8 Å². The summed E-state index contributed by atoms with van der Waals surface area (Å²) < 4.78 is 14.8. The van der Waals surface area contributed by atoms with Crippen LogP contribution in [0.2, 0.25) is 0 Å². The maximum Gasteiger partial charge on any atom is 0.254 e. The van der Waals surface area contributed by atoms with Crippen LogP contribution in [0.15, 0.2) is 72.8 Å². The summed E-state index contributed by atoms with van der Waals surface area (Å²) in [6.45, 7) is 0.341. The van der Waals surface area contributed by atoms with Crippen LogP contribution in [0.1, 0.15) is 15.9 Å². The molecule has 1 N–H and O–H groups in total. The Labute approximate surface area is 154 Å². The van der Waals surface area contributed by atoms with E-state index in [1.807, 2.05) is 42.5 Å². The third-order valence-corrected chi connectivity index (χ3v) is 5.15. The monoisotopic (exact) mass is 362 g/mol. The molecule has 3 aromatic carbocycles. The number of hydrogen-bond donors (Lipinski definition) is 1. The van der Waals surface area contributed by atoms with Crippen LogP contribution in [0.4, 0.5) is 4.39 Å². The Morgan fingerprint density at radius 2 is 1.69 bits per heavy atom. The normalized spacial score (nSPS) is 10.8. The molecule has 3 nitrogen and oxygen atoms in total.